The van der Waals surface area contributed by atoms with Gasteiger partial charge >= 0.3 is 12.1 Å². The molecule has 2 N–H and O–H groups in total. The van der Waals surface area contributed by atoms with Crippen LogP contribution in [0.2, 0.25) is 0 Å². The number of nitrogens with zero attached hydrogens (tertiary/aromatic N) is 1. The Kier molecular flexibility index (Phi) is 4.89. The lowest BCUT2D eigenvalue weighted by atomic mass is 10.0. The predicted octanol–water partition coefficient (Wildman–Crippen LogP) is 1.64. The molecule has 1 rings (SSSR count). The Labute approximate surface area is 107 Å². The lowest BCUT2D eigenvalue weighted by Gasteiger charge is -2.11. The van der Waals surface area contributed by atoms with Crippen molar-refractivity contribution in [2.24, 2.45) is 5.73 Å². The molecule has 0 bridgehead atoms. The van der Waals surface area contributed by atoms with Gasteiger partial charge in [-0.1, -0.05) is 12.1 Å². The molecule has 0 spiro atoms. The summed E-state index contributed by atoms with van der Waals surface area (Å²) in [6.45, 7) is -0.403. The van der Waals surface area contributed by atoms with Gasteiger partial charge < -0.3 is 10.5 Å². The highest BCUT2D eigenvalue weighted by molar-refractivity contribution is 5.76. The molecule has 1 aromatic rings. The van der Waals surface area contributed by atoms with Gasteiger partial charge in [-0.3, -0.25) is 4.79 Å². The number of nitrogens with two attached hydrogens (primary N) is 1. The molecule has 0 aliphatic rings. The number of rotatable bonds is 4. The van der Waals surface area contributed by atoms with Crippen molar-refractivity contribution in [1.82, 2.24) is 0 Å². The molecule has 19 heavy (non-hydrogen) atoms. The van der Waals surface area contributed by atoms with Crippen LogP contribution in [-0.2, 0) is 22.1 Å². The Morgan fingerprint density at radius 1 is 1.37 bits per heavy atom. The summed E-state index contributed by atoms with van der Waals surface area (Å²) in [5, 5.41) is 8.22. The first kappa shape index (κ1) is 15.0. The van der Waals surface area contributed by atoms with Crippen LogP contribution in [0, 0.1) is 11.3 Å². The highest BCUT2D eigenvalue weighted by atomic mass is 19.4. The highest BCUT2D eigenvalue weighted by Crippen LogP contribution is 2.29. The molecule has 7 heteroatoms. The minimum Gasteiger partial charge on any atom is -0.449 e. The summed E-state index contributed by atoms with van der Waals surface area (Å²) in [5.74, 6) is -0.763. The van der Waals surface area contributed by atoms with Crippen LogP contribution in [0.15, 0.2) is 24.3 Å². The molecular formula is C12H11F3N2O2. The Bertz CT molecular complexity index is 477. The number of nitriles is 1. The van der Waals surface area contributed by atoms with Crippen LogP contribution in [0.4, 0.5) is 13.2 Å². The van der Waals surface area contributed by atoms with Gasteiger partial charge in [0.1, 0.15) is 12.1 Å². The summed E-state index contributed by atoms with van der Waals surface area (Å²) >= 11 is 0. The number of esters is 1. The summed E-state index contributed by atoms with van der Waals surface area (Å²) in [5.41, 5.74) is 5.22. The van der Waals surface area contributed by atoms with Crippen LogP contribution in [0.25, 0.3) is 0 Å². The molecule has 0 unspecified atom stereocenters. The summed E-state index contributed by atoms with van der Waals surface area (Å²) < 4.78 is 41.5. The molecule has 1 atom stereocenters. The fraction of sp³-hybridized carbons (Fsp3) is 0.333. The van der Waals surface area contributed by atoms with Gasteiger partial charge in [-0.25, -0.2) is 0 Å². The SMILES string of the molecule is N#CCOC(=O)[C@@H](N)Cc1ccc(C(F)(F)F)cc1. The van der Waals surface area contributed by atoms with Crippen LogP contribution in [0.3, 0.4) is 0 Å². The second-order valence-electron chi connectivity index (χ2n) is 3.77. The number of ether oxygens (including phenoxy) is 1. The molecular weight excluding hydrogens is 261 g/mol. The second-order valence-corrected chi connectivity index (χ2v) is 3.77. The summed E-state index contributed by atoms with van der Waals surface area (Å²) in [6.07, 6.45) is -4.35. The number of halogens is 3. The summed E-state index contributed by atoms with van der Waals surface area (Å²) in [6, 6.07) is 4.95. The average molecular weight is 272 g/mol. The van der Waals surface area contributed by atoms with E-state index < -0.39 is 30.4 Å². The van der Waals surface area contributed by atoms with E-state index in [-0.39, 0.29) is 6.42 Å². The van der Waals surface area contributed by atoms with E-state index in [0.29, 0.717) is 5.56 Å². The van der Waals surface area contributed by atoms with Crippen molar-refractivity contribution in [3.05, 3.63) is 35.4 Å². The van der Waals surface area contributed by atoms with Gasteiger partial charge in [0.25, 0.3) is 0 Å². The van der Waals surface area contributed by atoms with Crippen molar-refractivity contribution in [3.8, 4) is 6.07 Å². The van der Waals surface area contributed by atoms with Crippen molar-refractivity contribution in [2.75, 3.05) is 6.61 Å². The van der Waals surface area contributed by atoms with Gasteiger partial charge in [-0.05, 0) is 24.1 Å². The van der Waals surface area contributed by atoms with Gasteiger partial charge in [0.15, 0.2) is 6.61 Å². The Hall–Kier alpha value is -2.07. The molecule has 0 fully saturated rings. The normalized spacial score (nSPS) is 12.6. The largest absolute Gasteiger partial charge is 0.449 e. The van der Waals surface area contributed by atoms with Crippen molar-refractivity contribution in [2.45, 2.75) is 18.6 Å². The van der Waals surface area contributed by atoms with E-state index in [1.165, 1.54) is 12.1 Å². The van der Waals surface area contributed by atoms with Gasteiger partial charge in [0, 0.05) is 0 Å². The third-order valence-electron chi connectivity index (χ3n) is 2.32. The zero-order valence-corrected chi connectivity index (χ0v) is 9.78. The third-order valence-corrected chi connectivity index (χ3v) is 2.32. The van der Waals surface area contributed by atoms with Gasteiger partial charge in [0.2, 0.25) is 0 Å². The number of benzene rings is 1. The minimum atomic E-state index is -4.40. The molecule has 0 aliphatic heterocycles. The molecule has 0 saturated heterocycles. The first-order valence-electron chi connectivity index (χ1n) is 5.30. The number of hydrogen-bond acceptors (Lipinski definition) is 4. The standard InChI is InChI=1S/C12H11F3N2O2/c13-12(14,15)9-3-1-8(2-4-9)7-10(17)11(18)19-6-5-16/h1-4,10H,6-7,17H2/t10-/m0/s1. The summed E-state index contributed by atoms with van der Waals surface area (Å²) in [7, 11) is 0. The van der Waals surface area contributed by atoms with Crippen LogP contribution < -0.4 is 5.73 Å². The quantitative estimate of drug-likeness (QED) is 0.845. The maximum Gasteiger partial charge on any atom is 0.416 e. The first-order valence-corrected chi connectivity index (χ1v) is 5.30. The van der Waals surface area contributed by atoms with Gasteiger partial charge in [0.05, 0.1) is 5.56 Å². The van der Waals surface area contributed by atoms with E-state index in [1.54, 1.807) is 6.07 Å². The van der Waals surface area contributed by atoms with Crippen LogP contribution in [0.1, 0.15) is 11.1 Å². The maximum atomic E-state index is 12.3. The molecule has 1 aromatic carbocycles. The topological polar surface area (TPSA) is 76.1 Å². The maximum absolute atomic E-state index is 12.3. The third kappa shape index (κ3) is 4.60. The van der Waals surface area contributed by atoms with Crippen LogP contribution in [-0.4, -0.2) is 18.6 Å². The van der Waals surface area contributed by atoms with Gasteiger partial charge in [-0.2, -0.15) is 18.4 Å². The lowest BCUT2D eigenvalue weighted by Crippen LogP contribution is -2.34. The fourth-order valence-corrected chi connectivity index (χ4v) is 1.38. The smallest absolute Gasteiger partial charge is 0.416 e. The van der Waals surface area contributed by atoms with Crippen LogP contribution in [0.5, 0.6) is 0 Å². The molecule has 0 amide bonds. The van der Waals surface area contributed by atoms with E-state index in [9.17, 15) is 18.0 Å². The first-order chi connectivity index (χ1) is 8.84. The fourth-order valence-electron chi connectivity index (χ4n) is 1.38. The molecule has 0 saturated carbocycles. The number of carbonyl (C=O) groups is 1. The Morgan fingerprint density at radius 3 is 2.42 bits per heavy atom. The molecule has 0 aliphatic carbocycles. The zero-order chi connectivity index (χ0) is 14.5. The van der Waals surface area contributed by atoms with Crippen molar-refractivity contribution in [3.63, 3.8) is 0 Å². The second kappa shape index (κ2) is 6.20. The van der Waals surface area contributed by atoms with E-state index in [0.717, 1.165) is 12.1 Å². The van der Waals surface area contributed by atoms with Crippen molar-refractivity contribution in [1.29, 1.82) is 5.26 Å². The van der Waals surface area contributed by atoms with Crippen molar-refractivity contribution < 1.29 is 22.7 Å². The minimum absolute atomic E-state index is 0.0440. The van der Waals surface area contributed by atoms with E-state index >= 15 is 0 Å². The average Bonchev–Trinajstić information content (AvgIpc) is 2.35. The zero-order valence-electron chi connectivity index (χ0n) is 9.78. The van der Waals surface area contributed by atoms with E-state index in [2.05, 4.69) is 4.74 Å². The molecule has 4 nitrogen and oxygen atoms in total. The predicted molar refractivity (Wildman–Crippen MR) is 59.7 cm³/mol. The number of carbonyl (C=O) groups excluding carboxylic acids is 1. The van der Waals surface area contributed by atoms with Gasteiger partial charge in [-0.15, -0.1) is 0 Å². The van der Waals surface area contributed by atoms with Crippen LogP contribution >= 0.6 is 0 Å². The Morgan fingerprint density at radius 2 is 1.95 bits per heavy atom. The molecule has 0 heterocycles. The number of hydrogen-bond donors (Lipinski definition) is 1. The molecule has 0 radical (unpaired) electrons. The van der Waals surface area contributed by atoms with E-state index in [1.807, 2.05) is 0 Å². The highest BCUT2D eigenvalue weighted by Gasteiger charge is 2.30. The molecule has 102 valence electrons. The monoisotopic (exact) mass is 272 g/mol. The summed E-state index contributed by atoms with van der Waals surface area (Å²) in [4.78, 5) is 11.3. The Balaban J connectivity index is 2.63. The van der Waals surface area contributed by atoms with Crippen molar-refractivity contribution >= 4 is 5.97 Å². The molecule has 0 aromatic heterocycles. The lowest BCUT2D eigenvalue weighted by molar-refractivity contribution is -0.143. The van der Waals surface area contributed by atoms with E-state index in [4.69, 9.17) is 11.0 Å². The number of alkyl halides is 3.